The van der Waals surface area contributed by atoms with E-state index in [0.29, 0.717) is 38.3 Å². The molecule has 2 fully saturated rings. The third-order valence-corrected chi connectivity index (χ3v) is 7.55. The number of aromatic nitrogens is 2. The lowest BCUT2D eigenvalue weighted by molar-refractivity contribution is -0.131. The van der Waals surface area contributed by atoms with Crippen LogP contribution in [0.2, 0.25) is 0 Å². The maximum absolute atomic E-state index is 12.7. The van der Waals surface area contributed by atoms with Crippen molar-refractivity contribution in [3.63, 3.8) is 0 Å². The molecule has 11 nitrogen and oxygen atoms in total. The zero-order valence-corrected chi connectivity index (χ0v) is 23.7. The molecule has 0 spiro atoms. The second-order valence-electron chi connectivity index (χ2n) is 10.1. The van der Waals surface area contributed by atoms with E-state index in [-0.39, 0.29) is 36.7 Å². The van der Waals surface area contributed by atoms with E-state index in [1.54, 1.807) is 29.1 Å². The van der Waals surface area contributed by atoms with Gasteiger partial charge in [0.15, 0.2) is 0 Å². The summed E-state index contributed by atoms with van der Waals surface area (Å²) in [6.45, 7) is 6.13. The Morgan fingerprint density at radius 2 is 1.67 bits per heavy atom. The Morgan fingerprint density at radius 1 is 1.03 bits per heavy atom. The summed E-state index contributed by atoms with van der Waals surface area (Å²) >= 11 is 0. The van der Waals surface area contributed by atoms with Gasteiger partial charge in [-0.25, -0.2) is 9.59 Å². The highest BCUT2D eigenvalue weighted by atomic mass is 35.5. The Kier molecular flexibility index (Phi) is 11.3. The number of rotatable bonds is 8. The molecule has 39 heavy (non-hydrogen) atoms. The molecule has 214 valence electrons. The summed E-state index contributed by atoms with van der Waals surface area (Å²) in [4.78, 5) is 47.3. The van der Waals surface area contributed by atoms with Crippen LogP contribution in [0.1, 0.15) is 38.2 Å². The van der Waals surface area contributed by atoms with Crippen molar-refractivity contribution in [1.82, 2.24) is 29.6 Å². The number of amides is 3. The number of likely N-dealkylation sites (N-methyl/N-ethyl adjacent to an activating group) is 1. The molecule has 0 radical (unpaired) electrons. The molecule has 1 saturated carbocycles. The van der Waals surface area contributed by atoms with E-state index in [4.69, 9.17) is 5.73 Å². The summed E-state index contributed by atoms with van der Waals surface area (Å²) < 4.78 is 1.46. The molecule has 1 saturated heterocycles. The monoisotopic (exact) mass is 560 g/mol. The number of hydrogen-bond donors (Lipinski definition) is 3. The highest BCUT2D eigenvalue weighted by molar-refractivity contribution is 5.88. The smallest absolute Gasteiger partial charge is 0.338 e. The summed E-state index contributed by atoms with van der Waals surface area (Å²) in [5, 5.41) is 5.55. The number of nitrogens with two attached hydrogens (primary N) is 1. The van der Waals surface area contributed by atoms with Crippen molar-refractivity contribution < 1.29 is 9.59 Å². The summed E-state index contributed by atoms with van der Waals surface area (Å²) in [5.41, 5.74) is 7.53. The van der Waals surface area contributed by atoms with Gasteiger partial charge in [0.1, 0.15) is 5.82 Å². The van der Waals surface area contributed by atoms with Crippen LogP contribution in [-0.4, -0.2) is 94.6 Å². The van der Waals surface area contributed by atoms with Gasteiger partial charge in [0.05, 0.1) is 12.2 Å². The molecule has 2 aromatic rings. The van der Waals surface area contributed by atoms with Gasteiger partial charge in [0.2, 0.25) is 5.91 Å². The normalized spacial score (nSPS) is 19.5. The van der Waals surface area contributed by atoms with Crippen LogP contribution in [0.25, 0.3) is 5.69 Å². The van der Waals surface area contributed by atoms with Crippen molar-refractivity contribution in [3.8, 4) is 5.69 Å². The molecular formula is C27H41ClN8O3. The molecule has 3 amide bonds. The van der Waals surface area contributed by atoms with Crippen LogP contribution >= 0.6 is 12.4 Å². The van der Waals surface area contributed by atoms with Gasteiger partial charge in [-0.05, 0) is 63.0 Å². The maximum atomic E-state index is 12.7. The van der Waals surface area contributed by atoms with Crippen molar-refractivity contribution in [2.75, 3.05) is 51.6 Å². The minimum Gasteiger partial charge on any atom is -0.338 e. The lowest BCUT2D eigenvalue weighted by atomic mass is 9.90. The fraction of sp³-hybridized carbons (Fsp3) is 0.556. The van der Waals surface area contributed by atoms with Crippen LogP contribution in [-0.2, 0) is 11.3 Å². The Morgan fingerprint density at radius 3 is 2.26 bits per heavy atom. The number of piperazine rings is 1. The van der Waals surface area contributed by atoms with E-state index < -0.39 is 5.69 Å². The van der Waals surface area contributed by atoms with Crippen LogP contribution in [0.5, 0.6) is 0 Å². The van der Waals surface area contributed by atoms with E-state index in [1.165, 1.54) is 10.1 Å². The second kappa shape index (κ2) is 14.4. The van der Waals surface area contributed by atoms with Crippen molar-refractivity contribution in [3.05, 3.63) is 52.6 Å². The topological polar surface area (TPSA) is 129 Å². The molecule has 1 aromatic heterocycles. The number of urea groups is 1. The fourth-order valence-electron chi connectivity index (χ4n) is 5.24. The minimum absolute atomic E-state index is 0. The molecule has 1 aliphatic heterocycles. The first-order valence-electron chi connectivity index (χ1n) is 13.5. The first kappa shape index (κ1) is 30.6. The van der Waals surface area contributed by atoms with Crippen molar-refractivity contribution in [1.29, 1.82) is 0 Å². The lowest BCUT2D eigenvalue weighted by Crippen LogP contribution is -2.53. The van der Waals surface area contributed by atoms with Gasteiger partial charge in [-0.15, -0.1) is 12.4 Å². The number of halogens is 1. The Hall–Kier alpha value is -2.99. The van der Waals surface area contributed by atoms with Gasteiger partial charge >= 0.3 is 11.7 Å². The summed E-state index contributed by atoms with van der Waals surface area (Å²) in [6, 6.07) is 10.1. The highest BCUT2D eigenvalue weighted by Gasteiger charge is 2.25. The average molecular weight is 561 g/mol. The van der Waals surface area contributed by atoms with Crippen LogP contribution in [0.3, 0.4) is 0 Å². The van der Waals surface area contributed by atoms with Gasteiger partial charge in [-0.2, -0.15) is 4.98 Å². The standard InChI is InChI=1S/C27H40N8O3.ClH/c1-3-32(22-10-6-21(28)7-11-22)19-20-4-8-23(9-5-20)35-13-12-24(31-27(35)38)30-26(37)34-16-14-33(15-17-34)25(36)18-29-2;/h4-5,8-9,12-13,21-22,29H,3,6-7,10-11,14-19,28H2,1-2H3,(H,30,31,37,38);1H. The number of nitrogens with zero attached hydrogens (tertiary/aromatic N) is 5. The number of carbonyl (C=O) groups is 2. The summed E-state index contributed by atoms with van der Waals surface area (Å²) in [6.07, 6.45) is 6.08. The fourth-order valence-corrected chi connectivity index (χ4v) is 5.24. The molecular weight excluding hydrogens is 520 g/mol. The molecule has 4 rings (SSSR count). The van der Waals surface area contributed by atoms with E-state index in [1.807, 2.05) is 12.1 Å². The van der Waals surface area contributed by atoms with Gasteiger partial charge in [0, 0.05) is 51.0 Å². The minimum atomic E-state index is -0.466. The first-order valence-corrected chi connectivity index (χ1v) is 13.5. The molecule has 2 aliphatic rings. The molecule has 0 unspecified atom stereocenters. The Labute approximate surface area is 236 Å². The van der Waals surface area contributed by atoms with Crippen molar-refractivity contribution in [2.24, 2.45) is 5.73 Å². The molecule has 12 heteroatoms. The molecule has 1 aromatic carbocycles. The van der Waals surface area contributed by atoms with Crippen LogP contribution in [0, 0.1) is 0 Å². The lowest BCUT2D eigenvalue weighted by Gasteiger charge is -2.35. The Bertz CT molecular complexity index is 1140. The van der Waals surface area contributed by atoms with Crippen molar-refractivity contribution >= 4 is 30.2 Å². The number of nitrogens with one attached hydrogen (secondary N) is 2. The predicted octanol–water partition coefficient (Wildman–Crippen LogP) is 1.64. The number of anilines is 1. The van der Waals surface area contributed by atoms with Gasteiger partial charge in [-0.1, -0.05) is 19.1 Å². The maximum Gasteiger partial charge on any atom is 0.354 e. The highest BCUT2D eigenvalue weighted by Crippen LogP contribution is 2.23. The zero-order valence-electron chi connectivity index (χ0n) is 22.8. The SMILES string of the molecule is CCN(Cc1ccc(-n2ccc(NC(=O)N3CCN(C(=O)CNC)CC3)nc2=O)cc1)C1CCC(N)CC1.Cl. The van der Waals surface area contributed by atoms with Gasteiger partial charge in [0.25, 0.3) is 0 Å². The summed E-state index contributed by atoms with van der Waals surface area (Å²) in [5.74, 6) is 0.218. The Balaban J connectivity index is 0.00000420. The number of carbonyl (C=O) groups excluding carboxylic acids is 2. The van der Waals surface area contributed by atoms with E-state index in [2.05, 4.69) is 39.6 Å². The first-order chi connectivity index (χ1) is 18.4. The van der Waals surface area contributed by atoms with Gasteiger partial charge < -0.3 is 20.9 Å². The molecule has 1 aliphatic carbocycles. The summed E-state index contributed by atoms with van der Waals surface area (Å²) in [7, 11) is 1.73. The van der Waals surface area contributed by atoms with Crippen LogP contribution < -0.4 is 22.1 Å². The number of benzene rings is 1. The third kappa shape index (κ3) is 8.01. The molecule has 0 atom stereocenters. The van der Waals surface area contributed by atoms with Gasteiger partial charge in [-0.3, -0.25) is 19.6 Å². The number of hydrogen-bond acceptors (Lipinski definition) is 7. The molecule has 2 heterocycles. The zero-order chi connectivity index (χ0) is 27.1. The van der Waals surface area contributed by atoms with Crippen LogP contribution in [0.15, 0.2) is 41.3 Å². The molecule has 4 N–H and O–H groups in total. The van der Waals surface area contributed by atoms with E-state index in [9.17, 15) is 14.4 Å². The largest absolute Gasteiger partial charge is 0.354 e. The van der Waals surface area contributed by atoms with E-state index >= 15 is 0 Å². The van der Waals surface area contributed by atoms with E-state index in [0.717, 1.165) is 44.5 Å². The second-order valence-corrected chi connectivity index (χ2v) is 10.1. The predicted molar refractivity (Wildman–Crippen MR) is 154 cm³/mol. The van der Waals surface area contributed by atoms with Crippen LogP contribution in [0.4, 0.5) is 10.6 Å². The third-order valence-electron chi connectivity index (χ3n) is 7.55. The quantitative estimate of drug-likeness (QED) is 0.447. The molecule has 0 bridgehead atoms. The average Bonchev–Trinajstić information content (AvgIpc) is 2.93. The van der Waals surface area contributed by atoms with Crippen molar-refractivity contribution in [2.45, 2.75) is 51.2 Å².